The predicted molar refractivity (Wildman–Crippen MR) is 121 cm³/mol. The highest BCUT2D eigenvalue weighted by atomic mass is 32.2. The maximum atomic E-state index is 14.6. The van der Waals surface area contributed by atoms with Crippen LogP contribution in [0.1, 0.15) is 28.9 Å². The summed E-state index contributed by atoms with van der Waals surface area (Å²) in [4.78, 5) is 22.7. The van der Waals surface area contributed by atoms with Crippen LogP contribution >= 0.6 is 0 Å². The van der Waals surface area contributed by atoms with E-state index >= 15 is 0 Å². The van der Waals surface area contributed by atoms with Crippen LogP contribution in [0.5, 0.6) is 0 Å². The van der Waals surface area contributed by atoms with Crippen molar-refractivity contribution in [3.63, 3.8) is 0 Å². The van der Waals surface area contributed by atoms with Crippen LogP contribution in [-0.2, 0) is 45.2 Å². The summed E-state index contributed by atoms with van der Waals surface area (Å²) in [6.07, 6.45) is 3.36. The Kier molecular flexibility index (Phi) is 5.68. The number of hydrogen-bond donors (Lipinski definition) is 2. The van der Waals surface area contributed by atoms with Gasteiger partial charge in [-0.3, -0.25) is 9.89 Å². The molecule has 0 atom stereocenters. The summed E-state index contributed by atoms with van der Waals surface area (Å²) in [5.74, 6) is -0.631. The van der Waals surface area contributed by atoms with E-state index in [4.69, 9.17) is 0 Å². The van der Waals surface area contributed by atoms with Gasteiger partial charge in [0.25, 0.3) is 0 Å². The molecule has 0 spiro atoms. The fourth-order valence-electron chi connectivity index (χ4n) is 4.26. The second kappa shape index (κ2) is 8.67. The lowest BCUT2D eigenvalue weighted by Gasteiger charge is -2.28. The number of sulfone groups is 1. The van der Waals surface area contributed by atoms with Gasteiger partial charge in [0.05, 0.1) is 43.4 Å². The molecule has 0 unspecified atom stereocenters. The standard InChI is InChI=1S/C22H23FN6O4S/c1-33-19(30)9-13-4-5-15(10-16(13)23)25-21-20-17(3-2-8-34(20,31)32)26-22(27-21)29-7-6-14-11-24-28-18(14)12-29/h4-5,10-11H,2-3,6-9,12H2,1H3,(H,24,28)(H,25,26,27). The highest BCUT2D eigenvalue weighted by molar-refractivity contribution is 7.91. The van der Waals surface area contributed by atoms with E-state index in [9.17, 15) is 17.6 Å². The van der Waals surface area contributed by atoms with Crippen molar-refractivity contribution in [3.05, 3.63) is 52.7 Å². The molecule has 5 rings (SSSR count). The first-order valence-corrected chi connectivity index (χ1v) is 12.5. The normalized spacial score (nSPS) is 16.5. The Bertz CT molecular complexity index is 1370. The van der Waals surface area contributed by atoms with Crippen molar-refractivity contribution in [2.75, 3.05) is 29.6 Å². The molecule has 0 bridgehead atoms. The van der Waals surface area contributed by atoms with Gasteiger partial charge in [-0.05, 0) is 42.5 Å². The fourth-order valence-corrected chi connectivity index (χ4v) is 5.88. The van der Waals surface area contributed by atoms with Crippen molar-refractivity contribution < 1.29 is 22.3 Å². The summed E-state index contributed by atoms with van der Waals surface area (Å²) in [7, 11) is -2.36. The molecule has 0 saturated heterocycles. The Balaban J connectivity index is 1.51. The Hall–Kier alpha value is -3.54. The van der Waals surface area contributed by atoms with Crippen molar-refractivity contribution in [2.45, 2.75) is 37.1 Å². The number of anilines is 3. The molecule has 2 aromatic heterocycles. The number of esters is 1. The monoisotopic (exact) mass is 486 g/mol. The number of aryl methyl sites for hydroxylation is 1. The molecule has 0 amide bonds. The Morgan fingerprint density at radius 1 is 1.29 bits per heavy atom. The molecule has 1 aromatic carbocycles. The number of rotatable bonds is 5. The number of carbonyl (C=O) groups is 1. The number of aromatic nitrogens is 4. The van der Waals surface area contributed by atoms with Crippen LogP contribution in [0.3, 0.4) is 0 Å². The smallest absolute Gasteiger partial charge is 0.310 e. The van der Waals surface area contributed by atoms with Crippen LogP contribution in [0.4, 0.5) is 21.8 Å². The van der Waals surface area contributed by atoms with Crippen molar-refractivity contribution in [2.24, 2.45) is 0 Å². The van der Waals surface area contributed by atoms with Gasteiger partial charge in [0.15, 0.2) is 15.7 Å². The number of aromatic amines is 1. The predicted octanol–water partition coefficient (Wildman–Crippen LogP) is 2.08. The molecule has 3 aromatic rings. The zero-order chi connectivity index (χ0) is 23.9. The molecule has 178 valence electrons. The number of nitrogens with zero attached hydrogens (tertiary/aromatic N) is 4. The topological polar surface area (TPSA) is 130 Å². The van der Waals surface area contributed by atoms with Crippen LogP contribution in [0, 0.1) is 5.82 Å². The summed E-state index contributed by atoms with van der Waals surface area (Å²) < 4.78 is 45.0. The second-order valence-corrected chi connectivity index (χ2v) is 10.3. The third-order valence-corrected chi connectivity index (χ3v) is 7.91. The van der Waals surface area contributed by atoms with Crippen molar-refractivity contribution in [1.29, 1.82) is 0 Å². The number of methoxy groups -OCH3 is 1. The highest BCUT2D eigenvalue weighted by Crippen LogP contribution is 2.34. The average Bonchev–Trinajstić information content (AvgIpc) is 3.28. The molecule has 0 saturated carbocycles. The molecule has 2 aliphatic heterocycles. The Morgan fingerprint density at radius 3 is 2.94 bits per heavy atom. The lowest BCUT2D eigenvalue weighted by atomic mass is 10.1. The third-order valence-electron chi connectivity index (χ3n) is 6.03. The number of carbonyl (C=O) groups excluding carboxylic acids is 1. The van der Waals surface area contributed by atoms with Crippen LogP contribution < -0.4 is 10.2 Å². The molecule has 2 N–H and O–H groups in total. The summed E-state index contributed by atoms with van der Waals surface area (Å²) in [5, 5.41) is 10.1. The first kappa shape index (κ1) is 22.3. The molecule has 0 radical (unpaired) electrons. The van der Waals surface area contributed by atoms with Gasteiger partial charge >= 0.3 is 5.97 Å². The quantitative estimate of drug-likeness (QED) is 0.521. The summed E-state index contributed by atoms with van der Waals surface area (Å²) in [5.41, 5.74) is 3.06. The number of benzene rings is 1. The van der Waals surface area contributed by atoms with E-state index < -0.39 is 21.6 Å². The Labute approximate surface area is 195 Å². The summed E-state index contributed by atoms with van der Waals surface area (Å²) in [6.45, 7) is 1.19. The number of ether oxygens (including phenoxy) is 1. The van der Waals surface area contributed by atoms with Gasteiger partial charge in [0.1, 0.15) is 10.7 Å². The zero-order valence-corrected chi connectivity index (χ0v) is 19.3. The van der Waals surface area contributed by atoms with E-state index in [1.54, 1.807) is 12.3 Å². The highest BCUT2D eigenvalue weighted by Gasteiger charge is 2.32. The van der Waals surface area contributed by atoms with Crippen LogP contribution in [-0.4, -0.2) is 54.0 Å². The molecule has 34 heavy (non-hydrogen) atoms. The van der Waals surface area contributed by atoms with Crippen molar-refractivity contribution >= 4 is 33.3 Å². The molecule has 10 nitrogen and oxygen atoms in total. The zero-order valence-electron chi connectivity index (χ0n) is 18.5. The van der Waals surface area contributed by atoms with Gasteiger partial charge in [-0.2, -0.15) is 10.1 Å². The largest absolute Gasteiger partial charge is 0.469 e. The van der Waals surface area contributed by atoms with Gasteiger partial charge in [0.2, 0.25) is 5.95 Å². The molecule has 4 heterocycles. The Morgan fingerprint density at radius 2 is 2.15 bits per heavy atom. The lowest BCUT2D eigenvalue weighted by Crippen LogP contribution is -2.33. The minimum absolute atomic E-state index is 0.00499. The summed E-state index contributed by atoms with van der Waals surface area (Å²) in [6, 6.07) is 4.24. The second-order valence-electron chi connectivity index (χ2n) is 8.30. The molecule has 2 aliphatic rings. The van der Waals surface area contributed by atoms with E-state index in [1.165, 1.54) is 19.2 Å². The third kappa shape index (κ3) is 4.20. The SMILES string of the molecule is COC(=O)Cc1ccc(Nc2nc(N3CCc4cn[nH]c4C3)nc3c2S(=O)(=O)CCC3)cc1F. The lowest BCUT2D eigenvalue weighted by molar-refractivity contribution is -0.139. The minimum atomic E-state index is -3.59. The maximum absolute atomic E-state index is 14.6. The molecular formula is C22H23FN6O4S. The average molecular weight is 487 g/mol. The van der Waals surface area contributed by atoms with E-state index in [-0.39, 0.29) is 28.5 Å². The molecular weight excluding hydrogens is 463 g/mol. The van der Waals surface area contributed by atoms with Crippen molar-refractivity contribution in [1.82, 2.24) is 20.2 Å². The van der Waals surface area contributed by atoms with Gasteiger partial charge in [-0.25, -0.2) is 17.8 Å². The number of hydrogen-bond acceptors (Lipinski definition) is 9. The first-order valence-electron chi connectivity index (χ1n) is 10.9. The first-order chi connectivity index (χ1) is 16.3. The van der Waals surface area contributed by atoms with E-state index in [1.807, 2.05) is 4.90 Å². The number of halogens is 1. The number of H-pyrrole nitrogens is 1. The van der Waals surface area contributed by atoms with Gasteiger partial charge in [-0.15, -0.1) is 0 Å². The summed E-state index contributed by atoms with van der Waals surface area (Å²) >= 11 is 0. The number of fused-ring (bicyclic) bond motifs is 2. The number of nitrogens with one attached hydrogen (secondary N) is 2. The minimum Gasteiger partial charge on any atom is -0.469 e. The van der Waals surface area contributed by atoms with Gasteiger partial charge < -0.3 is 15.0 Å². The fraction of sp³-hybridized carbons (Fsp3) is 0.364. The molecule has 0 fully saturated rings. The van der Waals surface area contributed by atoms with Crippen LogP contribution in [0.2, 0.25) is 0 Å². The molecule has 12 heteroatoms. The van der Waals surface area contributed by atoms with Crippen LogP contribution in [0.15, 0.2) is 29.3 Å². The maximum Gasteiger partial charge on any atom is 0.310 e. The van der Waals surface area contributed by atoms with E-state index in [0.717, 1.165) is 17.7 Å². The van der Waals surface area contributed by atoms with E-state index in [0.29, 0.717) is 43.3 Å². The van der Waals surface area contributed by atoms with Gasteiger partial charge in [0, 0.05) is 12.2 Å². The van der Waals surface area contributed by atoms with Crippen molar-refractivity contribution in [3.8, 4) is 0 Å². The van der Waals surface area contributed by atoms with Gasteiger partial charge in [-0.1, -0.05) is 6.07 Å². The van der Waals surface area contributed by atoms with Crippen LogP contribution in [0.25, 0.3) is 0 Å². The molecule has 0 aliphatic carbocycles. The van der Waals surface area contributed by atoms with E-state index in [2.05, 4.69) is 30.2 Å².